The molecule has 1 aliphatic carbocycles. The molecule has 0 aromatic carbocycles. The van der Waals surface area contributed by atoms with Gasteiger partial charge in [0.15, 0.2) is 0 Å². The molecule has 120 valence electrons. The van der Waals surface area contributed by atoms with Crippen LogP contribution in [0.4, 0.5) is 0 Å². The van der Waals surface area contributed by atoms with Gasteiger partial charge >= 0.3 is 0 Å². The fourth-order valence-electron chi connectivity index (χ4n) is 3.58. The van der Waals surface area contributed by atoms with E-state index in [0.29, 0.717) is 11.5 Å². The highest BCUT2D eigenvalue weighted by atomic mass is 16.5. The average Bonchev–Trinajstić information content (AvgIpc) is 2.37. The second-order valence-corrected chi connectivity index (χ2v) is 7.03. The maximum absolute atomic E-state index is 5.47. The van der Waals surface area contributed by atoms with Crippen LogP contribution in [0.1, 0.15) is 53.4 Å². The number of hydrogen-bond acceptors (Lipinski definition) is 3. The molecule has 3 heteroatoms. The molecule has 20 heavy (non-hydrogen) atoms. The molecule has 0 aromatic heterocycles. The Morgan fingerprint density at radius 2 is 2.05 bits per heavy atom. The van der Waals surface area contributed by atoms with Crippen molar-refractivity contribution < 1.29 is 4.74 Å². The monoisotopic (exact) mass is 284 g/mol. The minimum Gasteiger partial charge on any atom is -0.380 e. The zero-order chi connectivity index (χ0) is 15.0. The highest BCUT2D eigenvalue weighted by molar-refractivity contribution is 4.94. The Balaban J connectivity index is 2.50. The van der Waals surface area contributed by atoms with Crippen molar-refractivity contribution in [2.45, 2.75) is 59.4 Å². The molecule has 0 radical (unpaired) electrons. The van der Waals surface area contributed by atoms with E-state index in [1.807, 2.05) is 0 Å². The summed E-state index contributed by atoms with van der Waals surface area (Å²) in [5.41, 5.74) is 0.429. The predicted octanol–water partition coefficient (Wildman–Crippen LogP) is 3.15. The summed E-state index contributed by atoms with van der Waals surface area (Å²) in [6, 6.07) is 0.658. The molecule has 0 aliphatic heterocycles. The quantitative estimate of drug-likeness (QED) is 0.658. The van der Waals surface area contributed by atoms with Gasteiger partial charge in [0.05, 0.1) is 6.61 Å². The summed E-state index contributed by atoms with van der Waals surface area (Å²) in [7, 11) is 2.23. The van der Waals surface area contributed by atoms with Gasteiger partial charge in [-0.15, -0.1) is 0 Å². The molecule has 0 amide bonds. The van der Waals surface area contributed by atoms with E-state index in [0.717, 1.165) is 32.2 Å². The van der Waals surface area contributed by atoms with Crippen LogP contribution < -0.4 is 5.32 Å². The van der Waals surface area contributed by atoms with Gasteiger partial charge in [0.2, 0.25) is 0 Å². The molecule has 1 rings (SSSR count). The number of ether oxygens (including phenoxy) is 1. The van der Waals surface area contributed by atoms with Crippen LogP contribution in [-0.2, 0) is 4.74 Å². The Bertz CT molecular complexity index is 255. The van der Waals surface area contributed by atoms with Crippen LogP contribution in [0.15, 0.2) is 0 Å². The summed E-state index contributed by atoms with van der Waals surface area (Å²) in [5, 5.41) is 3.83. The number of likely N-dealkylation sites (N-methyl/N-ethyl adjacent to an activating group) is 1. The van der Waals surface area contributed by atoms with Crippen molar-refractivity contribution in [3.05, 3.63) is 0 Å². The largest absolute Gasteiger partial charge is 0.380 e. The molecule has 0 spiro atoms. The van der Waals surface area contributed by atoms with Gasteiger partial charge in [0, 0.05) is 25.7 Å². The Labute approximate surface area is 126 Å². The first-order valence-electron chi connectivity index (χ1n) is 8.51. The van der Waals surface area contributed by atoms with E-state index in [9.17, 15) is 0 Å². The van der Waals surface area contributed by atoms with Gasteiger partial charge in [-0.1, -0.05) is 27.2 Å². The first-order valence-corrected chi connectivity index (χ1v) is 8.51. The first-order chi connectivity index (χ1) is 9.51. The zero-order valence-corrected chi connectivity index (χ0v) is 14.4. The zero-order valence-electron chi connectivity index (χ0n) is 14.4. The van der Waals surface area contributed by atoms with Crippen molar-refractivity contribution in [2.24, 2.45) is 11.3 Å². The van der Waals surface area contributed by atoms with Gasteiger partial charge in [-0.3, -0.25) is 0 Å². The molecule has 2 unspecified atom stereocenters. The van der Waals surface area contributed by atoms with E-state index in [2.05, 4.69) is 45.0 Å². The van der Waals surface area contributed by atoms with Crippen LogP contribution in [0.2, 0.25) is 0 Å². The lowest BCUT2D eigenvalue weighted by Gasteiger charge is -2.46. The van der Waals surface area contributed by atoms with Gasteiger partial charge in [-0.2, -0.15) is 0 Å². The van der Waals surface area contributed by atoms with Gasteiger partial charge < -0.3 is 15.0 Å². The summed E-state index contributed by atoms with van der Waals surface area (Å²) < 4.78 is 5.47. The van der Waals surface area contributed by atoms with Crippen LogP contribution in [0.3, 0.4) is 0 Å². The summed E-state index contributed by atoms with van der Waals surface area (Å²) in [4.78, 5) is 2.45. The molecule has 0 bridgehead atoms. The second-order valence-electron chi connectivity index (χ2n) is 7.03. The Hall–Kier alpha value is -0.120. The van der Waals surface area contributed by atoms with Crippen molar-refractivity contribution in [1.82, 2.24) is 10.2 Å². The maximum Gasteiger partial charge on any atom is 0.0593 e. The number of nitrogens with one attached hydrogen (secondary N) is 1. The summed E-state index contributed by atoms with van der Waals surface area (Å²) in [6.45, 7) is 14.3. The highest BCUT2D eigenvalue weighted by Crippen LogP contribution is 2.39. The van der Waals surface area contributed by atoms with E-state index in [-0.39, 0.29) is 0 Å². The van der Waals surface area contributed by atoms with E-state index in [1.165, 1.54) is 32.2 Å². The van der Waals surface area contributed by atoms with Crippen molar-refractivity contribution in [2.75, 3.05) is 39.9 Å². The minimum absolute atomic E-state index is 0.429. The van der Waals surface area contributed by atoms with Crippen molar-refractivity contribution in [1.29, 1.82) is 0 Å². The van der Waals surface area contributed by atoms with E-state index < -0.39 is 0 Å². The van der Waals surface area contributed by atoms with E-state index >= 15 is 0 Å². The fraction of sp³-hybridized carbons (Fsp3) is 1.00. The molecule has 3 nitrogen and oxygen atoms in total. The third-order valence-corrected chi connectivity index (χ3v) is 4.69. The summed E-state index contributed by atoms with van der Waals surface area (Å²) in [5.74, 6) is 0.775. The van der Waals surface area contributed by atoms with Crippen LogP contribution in [-0.4, -0.2) is 50.8 Å². The van der Waals surface area contributed by atoms with E-state index in [4.69, 9.17) is 4.74 Å². The topological polar surface area (TPSA) is 24.5 Å². The van der Waals surface area contributed by atoms with Crippen LogP contribution in [0.25, 0.3) is 0 Å². The van der Waals surface area contributed by atoms with Crippen molar-refractivity contribution in [3.63, 3.8) is 0 Å². The smallest absolute Gasteiger partial charge is 0.0593 e. The van der Waals surface area contributed by atoms with Gasteiger partial charge in [0.25, 0.3) is 0 Å². The molecule has 0 heterocycles. The van der Waals surface area contributed by atoms with Crippen LogP contribution >= 0.6 is 0 Å². The lowest BCUT2D eigenvalue weighted by Crippen LogP contribution is -2.52. The third kappa shape index (κ3) is 5.71. The lowest BCUT2D eigenvalue weighted by molar-refractivity contribution is 0.0708. The normalized spacial score (nSPS) is 26.1. The van der Waals surface area contributed by atoms with Gasteiger partial charge in [0.1, 0.15) is 0 Å². The van der Waals surface area contributed by atoms with Crippen molar-refractivity contribution >= 4 is 0 Å². The highest BCUT2D eigenvalue weighted by Gasteiger charge is 2.38. The number of nitrogens with zero attached hydrogens (tertiary/aromatic N) is 1. The molecule has 2 atom stereocenters. The Morgan fingerprint density at radius 3 is 2.70 bits per heavy atom. The molecule has 0 aromatic rings. The minimum atomic E-state index is 0.429. The van der Waals surface area contributed by atoms with Gasteiger partial charge in [-0.25, -0.2) is 0 Å². The molecule has 1 aliphatic rings. The van der Waals surface area contributed by atoms with Gasteiger partial charge in [-0.05, 0) is 51.1 Å². The molecule has 0 saturated heterocycles. The van der Waals surface area contributed by atoms with Crippen molar-refractivity contribution in [3.8, 4) is 0 Å². The molecular formula is C17H36N2O. The Kier molecular flexibility index (Phi) is 8.08. The molecule has 1 fully saturated rings. The van der Waals surface area contributed by atoms with Crippen LogP contribution in [0, 0.1) is 11.3 Å². The predicted molar refractivity (Wildman–Crippen MR) is 87.2 cm³/mol. The average molecular weight is 284 g/mol. The first kappa shape index (κ1) is 17.9. The summed E-state index contributed by atoms with van der Waals surface area (Å²) in [6.07, 6.45) is 5.32. The van der Waals surface area contributed by atoms with Crippen LogP contribution in [0.5, 0.6) is 0 Å². The maximum atomic E-state index is 5.47. The van der Waals surface area contributed by atoms with E-state index in [1.54, 1.807) is 0 Å². The lowest BCUT2D eigenvalue weighted by atomic mass is 9.67. The number of hydrogen-bond donors (Lipinski definition) is 1. The summed E-state index contributed by atoms with van der Waals surface area (Å²) >= 11 is 0. The molecular weight excluding hydrogens is 248 g/mol. The molecule has 1 N–H and O–H groups in total. The fourth-order valence-corrected chi connectivity index (χ4v) is 3.58. The third-order valence-electron chi connectivity index (χ3n) is 4.69. The second kappa shape index (κ2) is 9.01. The SMILES string of the molecule is CCCNC1C(CN(C)CCOCC)CCCC1(C)C. The Morgan fingerprint density at radius 1 is 1.30 bits per heavy atom. The molecule has 1 saturated carbocycles. The number of rotatable bonds is 9. The standard InChI is InChI=1S/C17H36N2O/c1-6-11-18-16-15(9-8-10-17(16,3)4)14-19(5)12-13-20-7-2/h15-16,18H,6-14H2,1-5H3.